The van der Waals surface area contributed by atoms with Crippen LogP contribution in [0.15, 0.2) is 13.6 Å². The lowest BCUT2D eigenvalue weighted by Gasteiger charge is -2.08. The lowest BCUT2D eigenvalue weighted by Crippen LogP contribution is -2.21. The monoisotopic (exact) mass is 414 g/mol. The number of hydrogen-bond donors (Lipinski definition) is 0. The molecule has 0 aliphatic carbocycles. The maximum absolute atomic E-state index is 12.0. The van der Waals surface area contributed by atoms with Crippen LogP contribution < -0.4 is 0 Å². The molecule has 1 aromatic heterocycles. The molecule has 1 saturated heterocycles. The summed E-state index contributed by atoms with van der Waals surface area (Å²) in [6, 6.07) is 1.76. The van der Waals surface area contributed by atoms with Gasteiger partial charge in [0.25, 0.3) is 0 Å². The van der Waals surface area contributed by atoms with Gasteiger partial charge < -0.3 is 4.74 Å². The van der Waals surface area contributed by atoms with Crippen LogP contribution in [0.4, 0.5) is 0 Å². The number of Topliss-reactive ketones (excluding diaryl/α,β-unsaturated/α-hetero) is 1. The van der Waals surface area contributed by atoms with Crippen LogP contribution in [-0.2, 0) is 15.5 Å². The van der Waals surface area contributed by atoms with E-state index in [9.17, 15) is 9.00 Å². The van der Waals surface area contributed by atoms with Gasteiger partial charge in [-0.15, -0.1) is 11.3 Å². The lowest BCUT2D eigenvalue weighted by atomic mass is 10.2. The number of halogens is 2. The molecule has 18 heavy (non-hydrogen) atoms. The van der Waals surface area contributed by atoms with Crippen LogP contribution in [0.5, 0.6) is 0 Å². The molecule has 2 heterocycles. The molecule has 0 amide bonds. The van der Waals surface area contributed by atoms with E-state index in [2.05, 4.69) is 31.9 Å². The van der Waals surface area contributed by atoms with E-state index in [1.54, 1.807) is 6.07 Å². The minimum Gasteiger partial charge on any atom is -0.377 e. The van der Waals surface area contributed by atoms with Crippen molar-refractivity contribution in [3.05, 3.63) is 19.2 Å². The fraction of sp³-hybridized carbons (Fsp3) is 0.545. The molecule has 0 saturated carbocycles. The lowest BCUT2D eigenvalue weighted by molar-refractivity contribution is 0.102. The van der Waals surface area contributed by atoms with Gasteiger partial charge in [-0.1, -0.05) is 0 Å². The number of thiophene rings is 1. The standard InChI is InChI=1S/C11H12Br2O3S2/c12-10-4-8(11(13)17-10)9(14)6-18(15)5-7-2-1-3-16-7/h4,7H,1-3,5-6H2. The maximum Gasteiger partial charge on any atom is 0.177 e. The molecule has 1 aromatic rings. The first kappa shape index (κ1) is 14.8. The number of carbonyl (C=O) groups is 1. The van der Waals surface area contributed by atoms with E-state index in [4.69, 9.17) is 4.74 Å². The van der Waals surface area contributed by atoms with Crippen LogP contribution >= 0.6 is 43.2 Å². The van der Waals surface area contributed by atoms with Crippen LogP contribution in [0.1, 0.15) is 23.2 Å². The third-order valence-electron chi connectivity index (χ3n) is 2.64. The Morgan fingerprint density at radius 1 is 1.56 bits per heavy atom. The normalized spacial score (nSPS) is 21.1. The van der Waals surface area contributed by atoms with Crippen LogP contribution in [0.3, 0.4) is 0 Å². The highest BCUT2D eigenvalue weighted by Gasteiger charge is 2.21. The zero-order valence-electron chi connectivity index (χ0n) is 9.49. The Hall–Kier alpha value is 0.440. The molecule has 0 N–H and O–H groups in total. The van der Waals surface area contributed by atoms with Gasteiger partial charge in [0.2, 0.25) is 0 Å². The summed E-state index contributed by atoms with van der Waals surface area (Å²) >= 11 is 8.12. The first-order chi connectivity index (χ1) is 8.56. The average molecular weight is 416 g/mol. The summed E-state index contributed by atoms with van der Waals surface area (Å²) in [6.45, 7) is 0.749. The Balaban J connectivity index is 1.90. The molecule has 0 spiro atoms. The van der Waals surface area contributed by atoms with Crippen molar-refractivity contribution >= 4 is 59.8 Å². The third-order valence-corrected chi connectivity index (χ3v) is 6.31. The molecule has 1 aliphatic heterocycles. The Kier molecular flexibility index (Phi) is 5.56. The molecule has 0 radical (unpaired) electrons. The minimum atomic E-state index is -1.15. The predicted octanol–water partition coefficient (Wildman–Crippen LogP) is 3.38. The van der Waals surface area contributed by atoms with Crippen molar-refractivity contribution in [2.24, 2.45) is 0 Å². The van der Waals surface area contributed by atoms with Gasteiger partial charge >= 0.3 is 0 Å². The van der Waals surface area contributed by atoms with E-state index in [0.29, 0.717) is 11.3 Å². The highest BCUT2D eigenvalue weighted by Crippen LogP contribution is 2.32. The Labute approximate surface area is 129 Å². The van der Waals surface area contributed by atoms with Gasteiger partial charge in [0, 0.05) is 23.0 Å². The molecular formula is C11H12Br2O3S2. The molecule has 2 unspecified atom stereocenters. The van der Waals surface area contributed by atoms with Crippen molar-refractivity contribution in [3.63, 3.8) is 0 Å². The van der Waals surface area contributed by atoms with E-state index in [1.807, 2.05) is 0 Å². The number of hydrogen-bond acceptors (Lipinski definition) is 4. The maximum atomic E-state index is 12.0. The average Bonchev–Trinajstić information content (AvgIpc) is 2.88. The molecule has 2 atom stereocenters. The molecular weight excluding hydrogens is 404 g/mol. The van der Waals surface area contributed by atoms with E-state index in [0.717, 1.165) is 27.0 Å². The van der Waals surface area contributed by atoms with Crippen molar-refractivity contribution in [3.8, 4) is 0 Å². The van der Waals surface area contributed by atoms with Gasteiger partial charge in [0.05, 0.1) is 25.2 Å². The first-order valence-electron chi connectivity index (χ1n) is 5.51. The zero-order valence-corrected chi connectivity index (χ0v) is 14.3. The van der Waals surface area contributed by atoms with Crippen LogP contribution in [0.25, 0.3) is 0 Å². The number of ketones is 1. The van der Waals surface area contributed by atoms with Crippen LogP contribution in [-0.4, -0.2) is 34.2 Å². The van der Waals surface area contributed by atoms with E-state index >= 15 is 0 Å². The number of rotatable bonds is 5. The molecule has 2 rings (SSSR count). The summed E-state index contributed by atoms with van der Waals surface area (Å²) < 4.78 is 19.0. The van der Waals surface area contributed by atoms with Gasteiger partial charge in [0.15, 0.2) is 5.78 Å². The summed E-state index contributed by atoms with van der Waals surface area (Å²) in [6.07, 6.45) is 2.04. The van der Waals surface area contributed by atoms with Gasteiger partial charge in [-0.05, 0) is 50.8 Å². The largest absolute Gasteiger partial charge is 0.377 e. The van der Waals surface area contributed by atoms with E-state index < -0.39 is 10.8 Å². The van der Waals surface area contributed by atoms with Crippen molar-refractivity contribution in [1.29, 1.82) is 0 Å². The number of carbonyl (C=O) groups excluding carboxylic acids is 1. The minimum absolute atomic E-state index is 0.0660. The highest BCUT2D eigenvalue weighted by molar-refractivity contribution is 9.12. The molecule has 0 bridgehead atoms. The molecule has 1 fully saturated rings. The van der Waals surface area contributed by atoms with Crippen molar-refractivity contribution < 1.29 is 13.7 Å². The second kappa shape index (κ2) is 6.74. The molecule has 7 heteroatoms. The molecule has 3 nitrogen and oxygen atoms in total. The number of ether oxygens (including phenoxy) is 1. The quantitative estimate of drug-likeness (QED) is 0.692. The second-order valence-corrected chi connectivity index (χ2v) is 9.30. The van der Waals surface area contributed by atoms with Gasteiger partial charge in [0.1, 0.15) is 0 Å². The van der Waals surface area contributed by atoms with E-state index in [1.165, 1.54) is 11.3 Å². The fourth-order valence-corrected chi connectivity index (χ4v) is 5.90. The van der Waals surface area contributed by atoms with Gasteiger partial charge in [-0.3, -0.25) is 9.00 Å². The third kappa shape index (κ3) is 3.96. The predicted molar refractivity (Wildman–Crippen MR) is 80.9 cm³/mol. The van der Waals surface area contributed by atoms with Crippen molar-refractivity contribution in [1.82, 2.24) is 0 Å². The van der Waals surface area contributed by atoms with Crippen LogP contribution in [0, 0.1) is 0 Å². The smallest absolute Gasteiger partial charge is 0.177 e. The van der Waals surface area contributed by atoms with E-state index in [-0.39, 0.29) is 17.6 Å². The molecule has 100 valence electrons. The summed E-state index contributed by atoms with van der Waals surface area (Å²) in [5, 5.41) is 0. The first-order valence-corrected chi connectivity index (χ1v) is 9.40. The molecule has 1 aliphatic rings. The van der Waals surface area contributed by atoms with Crippen molar-refractivity contribution in [2.45, 2.75) is 18.9 Å². The Morgan fingerprint density at radius 2 is 2.33 bits per heavy atom. The Bertz CT molecular complexity index is 467. The van der Waals surface area contributed by atoms with Crippen LogP contribution in [0.2, 0.25) is 0 Å². The van der Waals surface area contributed by atoms with Gasteiger partial charge in [-0.25, -0.2) is 0 Å². The van der Waals surface area contributed by atoms with Gasteiger partial charge in [-0.2, -0.15) is 0 Å². The summed E-state index contributed by atoms with van der Waals surface area (Å²) in [4.78, 5) is 12.0. The summed E-state index contributed by atoms with van der Waals surface area (Å²) in [5.74, 6) is 0.455. The summed E-state index contributed by atoms with van der Waals surface area (Å²) in [7, 11) is -1.15. The highest BCUT2D eigenvalue weighted by atomic mass is 79.9. The molecule has 0 aromatic carbocycles. The summed E-state index contributed by atoms with van der Waals surface area (Å²) in [5.41, 5.74) is 0.604. The van der Waals surface area contributed by atoms with Crippen molar-refractivity contribution in [2.75, 3.05) is 18.1 Å². The Morgan fingerprint density at radius 3 is 2.89 bits per heavy atom. The topological polar surface area (TPSA) is 43.4 Å². The second-order valence-electron chi connectivity index (χ2n) is 4.05. The zero-order chi connectivity index (χ0) is 13.1. The SMILES string of the molecule is O=C(CS(=O)CC1CCCO1)c1cc(Br)sc1Br. The fourth-order valence-electron chi connectivity index (χ4n) is 1.80.